The molecule has 8 nitrogen and oxygen atoms in total. The van der Waals surface area contributed by atoms with Crippen molar-refractivity contribution in [2.24, 2.45) is 0 Å². The van der Waals surface area contributed by atoms with Crippen LogP contribution in [-0.4, -0.2) is 51.6 Å². The summed E-state index contributed by atoms with van der Waals surface area (Å²) >= 11 is 1.59. The number of amides is 1. The Balaban J connectivity index is 2.12. The third-order valence-electron chi connectivity index (χ3n) is 3.91. The minimum atomic E-state index is -1.12. The molecule has 28 heavy (non-hydrogen) atoms. The molecule has 9 heteroatoms. The molecule has 0 aliphatic rings. The number of nitrogens with one attached hydrogen (secondary N) is 2. The van der Waals surface area contributed by atoms with Crippen molar-refractivity contribution in [3.05, 3.63) is 57.8 Å². The lowest BCUT2D eigenvalue weighted by Gasteiger charge is -2.14. The lowest BCUT2D eigenvalue weighted by atomic mass is 10.1. The van der Waals surface area contributed by atoms with E-state index < -0.39 is 23.5 Å². The van der Waals surface area contributed by atoms with Gasteiger partial charge in [0.15, 0.2) is 0 Å². The molecular weight excluding hydrogens is 382 g/mol. The van der Waals surface area contributed by atoms with Crippen LogP contribution < -0.4 is 15.6 Å². The maximum atomic E-state index is 12.4. The van der Waals surface area contributed by atoms with Crippen LogP contribution >= 0.6 is 11.8 Å². The summed E-state index contributed by atoms with van der Waals surface area (Å²) in [6.45, 7) is 1.98. The highest BCUT2D eigenvalue weighted by atomic mass is 32.2. The molecule has 150 valence electrons. The number of hydrogen-bond acceptors (Lipinski definition) is 6. The second-order valence-corrected chi connectivity index (χ2v) is 7.35. The fourth-order valence-electron chi connectivity index (χ4n) is 2.48. The zero-order valence-corrected chi connectivity index (χ0v) is 16.5. The molecule has 0 aliphatic heterocycles. The van der Waals surface area contributed by atoms with Gasteiger partial charge in [-0.3, -0.25) is 9.59 Å². The molecule has 1 aromatic heterocycles. The van der Waals surface area contributed by atoms with Gasteiger partial charge in [-0.2, -0.15) is 11.8 Å². The molecule has 1 aromatic carbocycles. The Morgan fingerprint density at radius 2 is 2.04 bits per heavy atom. The largest absolute Gasteiger partial charge is 0.497 e. The number of ether oxygens (including phenoxy) is 1. The number of aliphatic carboxylic acids is 1. The van der Waals surface area contributed by atoms with E-state index in [0.29, 0.717) is 30.2 Å². The van der Waals surface area contributed by atoms with Gasteiger partial charge in [-0.15, -0.1) is 0 Å². The second-order valence-electron chi connectivity index (χ2n) is 5.95. The Kier molecular flexibility index (Phi) is 8.06. The number of carboxylic acid groups (broad SMARTS) is 1. The van der Waals surface area contributed by atoms with Gasteiger partial charge in [-0.05, 0) is 35.6 Å². The molecule has 0 spiro atoms. The third kappa shape index (κ3) is 6.41. The third-order valence-corrected chi connectivity index (χ3v) is 4.85. The fourth-order valence-corrected chi connectivity index (χ4v) is 3.17. The summed E-state index contributed by atoms with van der Waals surface area (Å²) in [7, 11) is 1.57. The highest BCUT2D eigenvalue weighted by molar-refractivity contribution is 7.99. The number of rotatable bonds is 10. The predicted molar refractivity (Wildman–Crippen MR) is 107 cm³/mol. The minimum Gasteiger partial charge on any atom is -0.497 e. The van der Waals surface area contributed by atoms with Crippen LogP contribution in [-0.2, 0) is 11.2 Å². The molecule has 0 saturated heterocycles. The number of methoxy groups -OCH3 is 1. The van der Waals surface area contributed by atoms with Crippen LogP contribution in [0.2, 0.25) is 0 Å². The van der Waals surface area contributed by atoms with Crippen molar-refractivity contribution in [3.8, 4) is 5.75 Å². The fraction of sp³-hybridized carbons (Fsp3) is 0.368. The molecule has 3 N–H and O–H groups in total. The maximum Gasteiger partial charge on any atom is 0.326 e. The summed E-state index contributed by atoms with van der Waals surface area (Å²) in [5, 5.41) is 11.7. The van der Waals surface area contributed by atoms with Crippen LogP contribution in [0.5, 0.6) is 5.75 Å². The van der Waals surface area contributed by atoms with Gasteiger partial charge in [0.1, 0.15) is 23.3 Å². The van der Waals surface area contributed by atoms with Gasteiger partial charge in [0.05, 0.1) is 7.11 Å². The molecular formula is C19H23N3O5S. The van der Waals surface area contributed by atoms with E-state index in [4.69, 9.17) is 4.74 Å². The Hall–Kier alpha value is -2.81. The molecule has 0 bridgehead atoms. The van der Waals surface area contributed by atoms with Crippen LogP contribution in [0.15, 0.2) is 35.1 Å². The summed E-state index contributed by atoms with van der Waals surface area (Å²) in [4.78, 5) is 42.5. The first-order valence-electron chi connectivity index (χ1n) is 8.77. The molecule has 1 heterocycles. The van der Waals surface area contributed by atoms with E-state index in [1.54, 1.807) is 31.0 Å². The predicted octanol–water partition coefficient (Wildman–Crippen LogP) is 1.70. The van der Waals surface area contributed by atoms with Gasteiger partial charge in [0.25, 0.3) is 11.5 Å². The monoisotopic (exact) mass is 405 g/mol. The standard InChI is InChI=1S/C19H23N3O5S/c1-3-28-9-8-14(19(25)26)21-18(24)15-11-17(23)22-16(20-15)10-12-4-6-13(27-2)7-5-12/h4-7,11,14H,3,8-10H2,1-2H3,(H,21,24)(H,25,26)(H,20,22,23). The van der Waals surface area contributed by atoms with E-state index in [1.807, 2.05) is 19.1 Å². The number of aromatic amines is 1. The smallest absolute Gasteiger partial charge is 0.326 e. The Morgan fingerprint density at radius 3 is 2.64 bits per heavy atom. The molecule has 2 aromatic rings. The first kappa shape index (κ1) is 21.5. The molecule has 0 fully saturated rings. The number of thioether (sulfide) groups is 1. The van der Waals surface area contributed by atoms with E-state index in [9.17, 15) is 19.5 Å². The topological polar surface area (TPSA) is 121 Å². The summed E-state index contributed by atoms with van der Waals surface area (Å²) in [6, 6.07) is 7.27. The molecule has 1 atom stereocenters. The van der Waals surface area contributed by atoms with Gasteiger partial charge in [-0.1, -0.05) is 19.1 Å². The summed E-state index contributed by atoms with van der Waals surface area (Å²) < 4.78 is 5.10. The highest BCUT2D eigenvalue weighted by Crippen LogP contribution is 2.13. The van der Waals surface area contributed by atoms with Crippen LogP contribution in [0.4, 0.5) is 0 Å². The summed E-state index contributed by atoms with van der Waals surface area (Å²) in [5.41, 5.74) is 0.292. The maximum absolute atomic E-state index is 12.4. The Bertz CT molecular complexity index is 867. The Morgan fingerprint density at radius 1 is 1.32 bits per heavy atom. The highest BCUT2D eigenvalue weighted by Gasteiger charge is 2.21. The zero-order valence-electron chi connectivity index (χ0n) is 15.7. The van der Waals surface area contributed by atoms with Crippen molar-refractivity contribution in [2.45, 2.75) is 25.8 Å². The molecule has 2 rings (SSSR count). The number of benzene rings is 1. The van der Waals surface area contributed by atoms with Crippen LogP contribution in [0.3, 0.4) is 0 Å². The summed E-state index contributed by atoms with van der Waals surface area (Å²) in [6.07, 6.45) is 0.608. The first-order chi connectivity index (χ1) is 13.4. The van der Waals surface area contributed by atoms with E-state index in [0.717, 1.165) is 17.4 Å². The van der Waals surface area contributed by atoms with Crippen molar-refractivity contribution >= 4 is 23.6 Å². The number of H-pyrrole nitrogens is 1. The lowest BCUT2D eigenvalue weighted by molar-refractivity contribution is -0.139. The normalized spacial score (nSPS) is 11.6. The van der Waals surface area contributed by atoms with E-state index in [2.05, 4.69) is 15.3 Å². The lowest BCUT2D eigenvalue weighted by Crippen LogP contribution is -2.42. The van der Waals surface area contributed by atoms with Gasteiger partial charge in [0.2, 0.25) is 0 Å². The second kappa shape index (κ2) is 10.5. The quantitative estimate of drug-likeness (QED) is 0.514. The van der Waals surface area contributed by atoms with Crippen molar-refractivity contribution < 1.29 is 19.4 Å². The number of aromatic nitrogens is 2. The van der Waals surface area contributed by atoms with Crippen molar-refractivity contribution in [1.29, 1.82) is 0 Å². The Labute approximate surface area is 166 Å². The summed E-state index contributed by atoms with van der Waals surface area (Å²) in [5.74, 6) is 0.698. The molecule has 0 saturated carbocycles. The van der Waals surface area contributed by atoms with E-state index >= 15 is 0 Å². The number of nitrogens with zero attached hydrogens (tertiary/aromatic N) is 1. The van der Waals surface area contributed by atoms with E-state index in [1.165, 1.54) is 0 Å². The van der Waals surface area contributed by atoms with E-state index in [-0.39, 0.29) is 5.69 Å². The van der Waals surface area contributed by atoms with Crippen molar-refractivity contribution in [1.82, 2.24) is 15.3 Å². The molecule has 1 amide bonds. The first-order valence-corrected chi connectivity index (χ1v) is 9.93. The molecule has 0 radical (unpaired) electrons. The van der Waals surface area contributed by atoms with Gasteiger partial charge < -0.3 is 20.1 Å². The van der Waals surface area contributed by atoms with Gasteiger partial charge >= 0.3 is 5.97 Å². The number of carbonyl (C=O) groups excluding carboxylic acids is 1. The SMILES string of the molecule is CCSCCC(NC(=O)c1cc(=O)[nH]c(Cc2ccc(OC)cc2)n1)C(=O)O. The minimum absolute atomic E-state index is 0.110. The van der Waals surface area contributed by atoms with Gasteiger partial charge in [0, 0.05) is 12.5 Å². The number of carboxylic acids is 1. The average Bonchev–Trinajstić information content (AvgIpc) is 2.67. The number of carbonyl (C=O) groups is 2. The van der Waals surface area contributed by atoms with Gasteiger partial charge in [-0.25, -0.2) is 9.78 Å². The zero-order chi connectivity index (χ0) is 20.5. The number of hydrogen-bond donors (Lipinski definition) is 3. The van der Waals surface area contributed by atoms with Crippen LogP contribution in [0.25, 0.3) is 0 Å². The average molecular weight is 405 g/mol. The van der Waals surface area contributed by atoms with Crippen LogP contribution in [0, 0.1) is 0 Å². The molecule has 0 aliphatic carbocycles. The van der Waals surface area contributed by atoms with Crippen LogP contribution in [0.1, 0.15) is 35.2 Å². The molecule has 1 unspecified atom stereocenters. The van der Waals surface area contributed by atoms with Crippen molar-refractivity contribution in [2.75, 3.05) is 18.6 Å². The van der Waals surface area contributed by atoms with Crippen molar-refractivity contribution in [3.63, 3.8) is 0 Å².